The Kier molecular flexibility index (Phi) is 10.9. The molecule has 0 aliphatic carbocycles. The quantitative estimate of drug-likeness (QED) is 0.210. The molecule has 1 saturated heterocycles. The van der Waals surface area contributed by atoms with Gasteiger partial charge in [0.25, 0.3) is 5.91 Å². The zero-order chi connectivity index (χ0) is 34.5. The van der Waals surface area contributed by atoms with Crippen molar-refractivity contribution in [2.75, 3.05) is 6.54 Å². The summed E-state index contributed by atoms with van der Waals surface area (Å²) in [6.07, 6.45) is 1.61. The van der Waals surface area contributed by atoms with Gasteiger partial charge in [0, 0.05) is 18.3 Å². The van der Waals surface area contributed by atoms with E-state index in [1.165, 1.54) is 16.2 Å². The summed E-state index contributed by atoms with van der Waals surface area (Å²) in [5.41, 5.74) is 5.39. The first kappa shape index (κ1) is 34.9. The van der Waals surface area contributed by atoms with E-state index in [9.17, 15) is 24.0 Å². The fourth-order valence-corrected chi connectivity index (χ4v) is 5.99. The highest BCUT2D eigenvalue weighted by atomic mass is 32.1. The van der Waals surface area contributed by atoms with E-state index in [4.69, 9.17) is 10.5 Å². The second-order valence-corrected chi connectivity index (χ2v) is 13.3. The summed E-state index contributed by atoms with van der Waals surface area (Å²) in [6.45, 7) is 12.4. The molecule has 4 atom stereocenters. The first-order valence-electron chi connectivity index (χ1n) is 15.2. The van der Waals surface area contributed by atoms with Gasteiger partial charge in [-0.15, -0.1) is 11.3 Å². The van der Waals surface area contributed by atoms with Crippen molar-refractivity contribution < 1.29 is 28.7 Å². The average Bonchev–Trinajstić information content (AvgIpc) is 3.66. The molecule has 0 spiro atoms. The summed E-state index contributed by atoms with van der Waals surface area (Å²) in [6, 6.07) is 3.24. The summed E-state index contributed by atoms with van der Waals surface area (Å²) < 4.78 is 6.41. The lowest BCUT2D eigenvalue weighted by atomic mass is 9.85. The van der Waals surface area contributed by atoms with Crippen molar-refractivity contribution in [2.45, 2.75) is 78.1 Å². The van der Waals surface area contributed by atoms with E-state index < -0.39 is 59.2 Å². The first-order valence-corrected chi connectivity index (χ1v) is 16.1. The second-order valence-electron chi connectivity index (χ2n) is 12.4. The van der Waals surface area contributed by atoms with Crippen LogP contribution in [0.15, 0.2) is 48.1 Å². The first-order chi connectivity index (χ1) is 22.2. The molecule has 0 bridgehead atoms. The number of hydrogen-bond acceptors (Lipinski definition) is 10. The maximum Gasteiger partial charge on any atom is 0.319 e. The van der Waals surface area contributed by atoms with Crippen LogP contribution in [0.25, 0.3) is 21.7 Å². The molecule has 0 saturated carbocycles. The van der Waals surface area contributed by atoms with Crippen molar-refractivity contribution in [3.05, 3.63) is 48.1 Å². The van der Waals surface area contributed by atoms with Crippen molar-refractivity contribution in [1.29, 1.82) is 0 Å². The number of pyridine rings is 1. The van der Waals surface area contributed by atoms with E-state index in [1.54, 1.807) is 52.9 Å². The number of hydrogen-bond donors (Lipinski definition) is 4. The molecular weight excluding hydrogens is 624 g/mol. The smallest absolute Gasteiger partial charge is 0.319 e. The zero-order valence-corrected chi connectivity index (χ0v) is 27.8. The number of likely N-dealkylation sites (tertiary alicyclic amines) is 1. The number of carbonyl (C=O) groups excluding carboxylic acids is 5. The molecule has 14 nitrogen and oxygen atoms in total. The lowest BCUT2D eigenvalue weighted by Crippen LogP contribution is -2.59. The fourth-order valence-electron chi connectivity index (χ4n) is 5.23. The van der Waals surface area contributed by atoms with Gasteiger partial charge in [0.15, 0.2) is 5.82 Å². The molecule has 4 rings (SSSR count). The van der Waals surface area contributed by atoms with Crippen LogP contribution in [0.1, 0.15) is 53.9 Å². The van der Waals surface area contributed by atoms with E-state index in [0.29, 0.717) is 33.9 Å². The molecule has 47 heavy (non-hydrogen) atoms. The minimum absolute atomic E-state index is 0.0323. The van der Waals surface area contributed by atoms with Gasteiger partial charge in [-0.3, -0.25) is 24.2 Å². The standard InChI is InChI=1S/C32H40N8O6S/c1-7-10-20(23(41)25(33)42)36-27(43)22-15-18(16-40(22)30(44)24(32(4,5)6)37-31(45)35-17(2)3)46-28-19-12-14-47-29(19)39-26(38-28)21-11-8-9-13-34-21/h8-9,11-14,18,20,22,24H,2,7,10,15-16H2,1,3-6H3,(H2,33,42)(H,36,43)(H2,35,37,45)/t18-,20+,22+,24-/m1/s1. The van der Waals surface area contributed by atoms with E-state index >= 15 is 0 Å². The number of Topliss-reactive ketones (excluding diaryl/α,β-unsaturated/α-hetero) is 1. The Labute approximate surface area is 276 Å². The number of aromatic nitrogens is 3. The van der Waals surface area contributed by atoms with Gasteiger partial charge in [-0.2, -0.15) is 4.98 Å². The Morgan fingerprint density at radius 1 is 1.15 bits per heavy atom. The van der Waals surface area contributed by atoms with Crippen molar-refractivity contribution >= 4 is 51.1 Å². The maximum atomic E-state index is 14.2. The Bertz CT molecular complexity index is 1670. The topological polar surface area (TPSA) is 199 Å². The zero-order valence-electron chi connectivity index (χ0n) is 27.0. The number of nitrogens with zero attached hydrogens (tertiary/aromatic N) is 4. The molecule has 1 aliphatic heterocycles. The molecule has 250 valence electrons. The minimum Gasteiger partial charge on any atom is -0.472 e. The van der Waals surface area contributed by atoms with Gasteiger partial charge in [0.2, 0.25) is 23.5 Å². The highest BCUT2D eigenvalue weighted by Crippen LogP contribution is 2.33. The third-order valence-corrected chi connectivity index (χ3v) is 8.29. The Morgan fingerprint density at radius 2 is 1.89 bits per heavy atom. The van der Waals surface area contributed by atoms with Gasteiger partial charge in [-0.05, 0) is 42.3 Å². The van der Waals surface area contributed by atoms with E-state index in [1.807, 2.05) is 17.5 Å². The number of ketones is 1. The second kappa shape index (κ2) is 14.7. The van der Waals surface area contributed by atoms with Gasteiger partial charge in [-0.1, -0.05) is 46.8 Å². The maximum absolute atomic E-state index is 14.2. The van der Waals surface area contributed by atoms with Crippen LogP contribution in [0.3, 0.4) is 0 Å². The van der Waals surface area contributed by atoms with Crippen LogP contribution in [-0.2, 0) is 19.2 Å². The number of ether oxygens (including phenoxy) is 1. The van der Waals surface area contributed by atoms with Crippen LogP contribution in [0.4, 0.5) is 4.79 Å². The van der Waals surface area contributed by atoms with Crippen molar-refractivity contribution in [1.82, 2.24) is 35.8 Å². The summed E-state index contributed by atoms with van der Waals surface area (Å²) in [5.74, 6) is -2.69. The Hall–Kier alpha value is -4.92. The molecular formula is C32H40N8O6S. The summed E-state index contributed by atoms with van der Waals surface area (Å²) >= 11 is 1.40. The summed E-state index contributed by atoms with van der Waals surface area (Å²) in [7, 11) is 0. The minimum atomic E-state index is -1.17. The number of primary amides is 1. The van der Waals surface area contributed by atoms with E-state index in [-0.39, 0.29) is 25.3 Å². The average molecular weight is 665 g/mol. The van der Waals surface area contributed by atoms with Gasteiger partial charge in [-0.25, -0.2) is 9.78 Å². The molecule has 1 aliphatic rings. The molecule has 3 aromatic heterocycles. The van der Waals surface area contributed by atoms with E-state index in [0.717, 1.165) is 0 Å². The number of rotatable bonds is 12. The highest BCUT2D eigenvalue weighted by Gasteiger charge is 2.46. The fraction of sp³-hybridized carbons (Fsp3) is 0.438. The highest BCUT2D eigenvalue weighted by molar-refractivity contribution is 7.16. The number of nitrogens with one attached hydrogen (secondary N) is 3. The Balaban J connectivity index is 1.69. The van der Waals surface area contributed by atoms with Crippen molar-refractivity contribution in [2.24, 2.45) is 11.1 Å². The number of urea groups is 1. The molecule has 5 N–H and O–H groups in total. The molecule has 3 aromatic rings. The van der Waals surface area contributed by atoms with Crippen LogP contribution >= 0.6 is 11.3 Å². The van der Waals surface area contributed by atoms with Gasteiger partial charge in [0.05, 0.1) is 18.0 Å². The van der Waals surface area contributed by atoms with Crippen LogP contribution in [0.5, 0.6) is 5.88 Å². The van der Waals surface area contributed by atoms with Gasteiger partial charge >= 0.3 is 6.03 Å². The molecule has 4 heterocycles. The third kappa shape index (κ3) is 8.47. The normalized spacial score (nSPS) is 17.4. The number of nitrogens with two attached hydrogens (primary N) is 1. The number of fused-ring (bicyclic) bond motifs is 1. The lowest BCUT2D eigenvalue weighted by molar-refractivity contribution is -0.143. The van der Waals surface area contributed by atoms with Crippen LogP contribution < -0.4 is 26.4 Å². The van der Waals surface area contributed by atoms with E-state index in [2.05, 4.69) is 37.5 Å². The third-order valence-electron chi connectivity index (χ3n) is 7.48. The predicted molar refractivity (Wildman–Crippen MR) is 176 cm³/mol. The number of thiophene rings is 1. The van der Waals surface area contributed by atoms with Crippen LogP contribution in [-0.4, -0.2) is 80.2 Å². The monoisotopic (exact) mass is 664 g/mol. The van der Waals surface area contributed by atoms with Crippen LogP contribution in [0.2, 0.25) is 0 Å². The molecule has 0 unspecified atom stereocenters. The lowest BCUT2D eigenvalue weighted by Gasteiger charge is -2.35. The van der Waals surface area contributed by atoms with Gasteiger partial charge < -0.3 is 31.3 Å². The number of amides is 5. The largest absolute Gasteiger partial charge is 0.472 e. The molecule has 1 fully saturated rings. The summed E-state index contributed by atoms with van der Waals surface area (Å²) in [5, 5.41) is 10.4. The molecule has 15 heteroatoms. The van der Waals surface area contributed by atoms with Gasteiger partial charge in [0.1, 0.15) is 28.7 Å². The van der Waals surface area contributed by atoms with Crippen LogP contribution in [0, 0.1) is 5.41 Å². The van der Waals surface area contributed by atoms with Crippen molar-refractivity contribution in [3.63, 3.8) is 0 Å². The summed E-state index contributed by atoms with van der Waals surface area (Å²) in [4.78, 5) is 80.6. The Morgan fingerprint density at radius 3 is 2.51 bits per heavy atom. The molecule has 5 amide bonds. The number of carbonyl (C=O) groups is 5. The van der Waals surface area contributed by atoms with Crippen molar-refractivity contribution in [3.8, 4) is 17.4 Å². The SMILES string of the molecule is C=C(C)NC(=O)N[C@H](C(=O)N1C[C@H](Oc2nc(-c3ccccn3)nc3sccc23)C[C@H]1C(=O)N[C@@H](CCC)C(=O)C(N)=O)C(C)(C)C. The predicted octanol–water partition coefficient (Wildman–Crippen LogP) is 2.69. The molecule has 0 aromatic carbocycles. The molecule has 0 radical (unpaired) electrons. The number of allylic oxidation sites excluding steroid dienone is 1.